The van der Waals surface area contributed by atoms with Gasteiger partial charge in [0, 0.05) is 23.6 Å². The summed E-state index contributed by atoms with van der Waals surface area (Å²) in [4.78, 5) is 28.1. The van der Waals surface area contributed by atoms with E-state index in [0.29, 0.717) is 28.9 Å². The Hall–Kier alpha value is -3.22. The molecule has 1 N–H and O–H groups in total. The normalized spacial score (nSPS) is 12.0. The summed E-state index contributed by atoms with van der Waals surface area (Å²) in [5, 5.41) is 15.3. The molecule has 7 heteroatoms. The van der Waals surface area contributed by atoms with Gasteiger partial charge in [-0.2, -0.15) is 0 Å². The van der Waals surface area contributed by atoms with Crippen molar-refractivity contribution in [2.45, 2.75) is 66.2 Å². The van der Waals surface area contributed by atoms with Crippen molar-refractivity contribution in [3.63, 3.8) is 0 Å². The molecule has 2 rings (SSSR count). The van der Waals surface area contributed by atoms with Crippen molar-refractivity contribution >= 4 is 22.5 Å². The maximum absolute atomic E-state index is 12.4. The van der Waals surface area contributed by atoms with E-state index >= 15 is 0 Å². The van der Waals surface area contributed by atoms with Crippen molar-refractivity contribution in [2.75, 3.05) is 6.54 Å². The van der Waals surface area contributed by atoms with Crippen LogP contribution in [0.4, 0.5) is 5.69 Å². The number of benzene rings is 1. The number of pyridine rings is 1. The van der Waals surface area contributed by atoms with Crippen LogP contribution in [0.15, 0.2) is 48.3 Å². The second kappa shape index (κ2) is 13.4. The lowest BCUT2D eigenvalue weighted by Gasteiger charge is -2.11. The van der Waals surface area contributed by atoms with Gasteiger partial charge in [0.1, 0.15) is 5.76 Å². The number of nitrogens with one attached hydrogen (secondary N) is 1. The summed E-state index contributed by atoms with van der Waals surface area (Å²) in [7, 11) is 0. The van der Waals surface area contributed by atoms with Gasteiger partial charge in [0.2, 0.25) is 5.91 Å². The lowest BCUT2D eigenvalue weighted by molar-refractivity contribution is -0.386. The topological polar surface area (TPSA) is 94.4 Å². The van der Waals surface area contributed by atoms with Crippen molar-refractivity contribution in [2.24, 2.45) is 5.92 Å². The summed E-state index contributed by atoms with van der Waals surface area (Å²) in [6.45, 7) is 8.40. The quantitative estimate of drug-likeness (QED) is 0.0945. The average molecular weight is 454 g/mol. The Labute approximate surface area is 196 Å². The highest BCUT2D eigenvalue weighted by atomic mass is 16.6. The zero-order chi connectivity index (χ0) is 24.2. The maximum Gasteiger partial charge on any atom is 0.334 e. The average Bonchev–Trinajstić information content (AvgIpc) is 2.77. The smallest absolute Gasteiger partial charge is 0.334 e. The van der Waals surface area contributed by atoms with E-state index in [1.807, 2.05) is 32.1 Å². The van der Waals surface area contributed by atoms with E-state index in [0.717, 1.165) is 19.3 Å². The number of aromatic nitrogens is 1. The van der Waals surface area contributed by atoms with Crippen LogP contribution in [-0.2, 0) is 4.79 Å². The van der Waals surface area contributed by atoms with Crippen LogP contribution < -0.4 is 10.1 Å². The molecule has 1 heterocycles. The summed E-state index contributed by atoms with van der Waals surface area (Å²) in [6.07, 6.45) is 11.6. The SMILES string of the molecule is CCCCCCC/C=C/C(=C\C(=O)NCC(C)C)Oc1nc2ccccc2c(C)c1[N+](=O)[O-]. The number of hydrogen-bond acceptors (Lipinski definition) is 5. The molecule has 33 heavy (non-hydrogen) atoms. The summed E-state index contributed by atoms with van der Waals surface area (Å²) in [6, 6.07) is 7.21. The lowest BCUT2D eigenvalue weighted by Crippen LogP contribution is -2.26. The number of carbonyl (C=O) groups is 1. The van der Waals surface area contributed by atoms with Crippen LogP contribution >= 0.6 is 0 Å². The molecule has 0 radical (unpaired) electrons. The summed E-state index contributed by atoms with van der Waals surface area (Å²) in [5.41, 5.74) is 0.874. The van der Waals surface area contributed by atoms with E-state index < -0.39 is 4.92 Å². The van der Waals surface area contributed by atoms with Crippen molar-refractivity contribution in [3.05, 3.63) is 63.9 Å². The monoisotopic (exact) mass is 453 g/mol. The summed E-state index contributed by atoms with van der Waals surface area (Å²) in [5.74, 6) is 0.0875. The minimum Gasteiger partial charge on any atom is -0.433 e. The molecule has 2 aromatic rings. The molecule has 0 spiro atoms. The van der Waals surface area contributed by atoms with Gasteiger partial charge < -0.3 is 10.1 Å². The number of rotatable bonds is 13. The van der Waals surface area contributed by atoms with Crippen LogP contribution in [-0.4, -0.2) is 22.4 Å². The maximum atomic E-state index is 12.4. The van der Waals surface area contributed by atoms with Gasteiger partial charge in [-0.25, -0.2) is 4.98 Å². The van der Waals surface area contributed by atoms with Crippen LogP contribution in [0.2, 0.25) is 0 Å². The van der Waals surface area contributed by atoms with Crippen molar-refractivity contribution in [3.8, 4) is 5.88 Å². The fraction of sp³-hybridized carbons (Fsp3) is 0.462. The number of allylic oxidation sites excluding steroid dienone is 2. The fourth-order valence-electron chi connectivity index (χ4n) is 3.40. The number of amides is 1. The minimum atomic E-state index is -0.488. The molecule has 178 valence electrons. The number of fused-ring (bicyclic) bond motifs is 1. The van der Waals surface area contributed by atoms with E-state index in [2.05, 4.69) is 17.2 Å². The molecule has 1 amide bonds. The Morgan fingerprint density at radius 3 is 2.64 bits per heavy atom. The van der Waals surface area contributed by atoms with Crippen LogP contribution in [0.3, 0.4) is 0 Å². The molecule has 0 aliphatic carbocycles. The molecule has 0 saturated carbocycles. The van der Waals surface area contributed by atoms with E-state index in [-0.39, 0.29) is 23.2 Å². The molecule has 0 aliphatic heterocycles. The molecule has 7 nitrogen and oxygen atoms in total. The predicted molar refractivity (Wildman–Crippen MR) is 132 cm³/mol. The Morgan fingerprint density at radius 2 is 1.94 bits per heavy atom. The second-order valence-electron chi connectivity index (χ2n) is 8.56. The molecule has 1 aromatic heterocycles. The highest BCUT2D eigenvalue weighted by molar-refractivity contribution is 5.89. The van der Waals surface area contributed by atoms with Crippen LogP contribution in [0.5, 0.6) is 5.88 Å². The minimum absolute atomic E-state index is 0.119. The van der Waals surface area contributed by atoms with Crippen LogP contribution in [0, 0.1) is 23.0 Å². The third-order valence-corrected chi connectivity index (χ3v) is 5.20. The Morgan fingerprint density at radius 1 is 1.21 bits per heavy atom. The van der Waals surface area contributed by atoms with Gasteiger partial charge >= 0.3 is 11.6 Å². The summed E-state index contributed by atoms with van der Waals surface area (Å²) >= 11 is 0. The Balaban J connectivity index is 2.31. The Bertz CT molecular complexity index is 1010. The Kier molecular flexibility index (Phi) is 10.5. The first-order chi connectivity index (χ1) is 15.8. The number of carbonyl (C=O) groups excluding carboxylic acids is 1. The number of nitrogens with zero attached hydrogens (tertiary/aromatic N) is 2. The van der Waals surface area contributed by atoms with Gasteiger partial charge in [0.25, 0.3) is 0 Å². The fourth-order valence-corrected chi connectivity index (χ4v) is 3.40. The van der Waals surface area contributed by atoms with Crippen LogP contribution in [0.1, 0.15) is 64.9 Å². The highest BCUT2D eigenvalue weighted by Gasteiger charge is 2.24. The number of ether oxygens (including phenoxy) is 1. The zero-order valence-electron chi connectivity index (χ0n) is 20.1. The van der Waals surface area contributed by atoms with Gasteiger partial charge in [-0.1, -0.05) is 70.7 Å². The molecular formula is C26H35N3O4. The molecular weight excluding hydrogens is 418 g/mol. The van der Waals surface area contributed by atoms with Gasteiger partial charge in [0.15, 0.2) is 0 Å². The van der Waals surface area contributed by atoms with E-state index in [4.69, 9.17) is 4.74 Å². The lowest BCUT2D eigenvalue weighted by atomic mass is 10.1. The number of para-hydroxylation sites is 1. The number of unbranched alkanes of at least 4 members (excludes halogenated alkanes) is 5. The second-order valence-corrected chi connectivity index (χ2v) is 8.56. The largest absolute Gasteiger partial charge is 0.433 e. The zero-order valence-corrected chi connectivity index (χ0v) is 20.1. The molecule has 1 aromatic carbocycles. The molecule has 0 atom stereocenters. The van der Waals surface area contributed by atoms with Crippen LogP contribution in [0.25, 0.3) is 10.9 Å². The summed E-state index contributed by atoms with van der Waals surface area (Å²) < 4.78 is 5.88. The third kappa shape index (κ3) is 8.33. The molecule has 0 unspecified atom stereocenters. The third-order valence-electron chi connectivity index (χ3n) is 5.20. The number of aryl methyl sites for hydroxylation is 1. The van der Waals surface area contributed by atoms with Gasteiger partial charge in [0.05, 0.1) is 10.4 Å². The predicted octanol–water partition coefficient (Wildman–Crippen LogP) is 6.40. The first-order valence-corrected chi connectivity index (χ1v) is 11.7. The van der Waals surface area contributed by atoms with Crippen molar-refractivity contribution in [1.29, 1.82) is 0 Å². The van der Waals surface area contributed by atoms with Crippen molar-refractivity contribution < 1.29 is 14.5 Å². The van der Waals surface area contributed by atoms with Gasteiger partial charge in [-0.3, -0.25) is 14.9 Å². The van der Waals surface area contributed by atoms with Gasteiger partial charge in [-0.05, 0) is 37.8 Å². The van der Waals surface area contributed by atoms with Crippen molar-refractivity contribution in [1.82, 2.24) is 10.3 Å². The number of nitro groups is 1. The van der Waals surface area contributed by atoms with E-state index in [1.54, 1.807) is 25.1 Å². The first kappa shape index (κ1) is 26.0. The van der Waals surface area contributed by atoms with E-state index in [9.17, 15) is 14.9 Å². The molecule has 0 fully saturated rings. The molecule has 0 bridgehead atoms. The first-order valence-electron chi connectivity index (χ1n) is 11.7. The van der Waals surface area contributed by atoms with Gasteiger partial charge in [-0.15, -0.1) is 0 Å². The highest BCUT2D eigenvalue weighted by Crippen LogP contribution is 2.35. The molecule has 0 aliphatic rings. The van der Waals surface area contributed by atoms with E-state index in [1.165, 1.54) is 25.3 Å². The number of hydrogen-bond donors (Lipinski definition) is 1. The standard InChI is InChI=1S/C26H35N3O4/c1-5-6-7-8-9-10-11-14-21(17-24(30)27-18-19(2)3)33-26-25(29(31)32)20(4)22-15-12-13-16-23(22)28-26/h11-17,19H,5-10,18H2,1-4H3,(H,27,30)/b14-11+,21-17+. The molecule has 0 saturated heterocycles.